The summed E-state index contributed by atoms with van der Waals surface area (Å²) in [6, 6.07) is 6.46. The number of H-pyrrole nitrogens is 1. The minimum Gasteiger partial charge on any atom is -0.346 e. The highest BCUT2D eigenvalue weighted by atomic mass is 16.2. The van der Waals surface area contributed by atoms with Gasteiger partial charge < -0.3 is 9.88 Å². The molecule has 4 nitrogen and oxygen atoms in total. The lowest BCUT2D eigenvalue weighted by Crippen LogP contribution is -2.41. The van der Waals surface area contributed by atoms with Crippen molar-refractivity contribution in [1.82, 2.24) is 9.97 Å². The molecule has 1 amide bonds. The van der Waals surface area contributed by atoms with E-state index in [1.165, 1.54) is 11.1 Å². The number of hydrogen-bond donors (Lipinski definition) is 1. The summed E-state index contributed by atoms with van der Waals surface area (Å²) in [5.74, 6) is 1.32. The SMILES string of the molecule is Cc1ccc2c(c1)CCCN2C(=O)C1CCc2nc(C)[nH]c2C1. The fourth-order valence-electron chi connectivity index (χ4n) is 4.01. The van der Waals surface area contributed by atoms with Crippen LogP contribution in [0.4, 0.5) is 5.69 Å². The van der Waals surface area contributed by atoms with Gasteiger partial charge >= 0.3 is 0 Å². The molecule has 2 aliphatic rings. The maximum absolute atomic E-state index is 13.1. The van der Waals surface area contributed by atoms with Crippen LogP contribution in [0.5, 0.6) is 0 Å². The van der Waals surface area contributed by atoms with E-state index in [4.69, 9.17) is 0 Å². The lowest BCUT2D eigenvalue weighted by molar-refractivity contribution is -0.122. The summed E-state index contributed by atoms with van der Waals surface area (Å²) >= 11 is 0. The first-order valence-corrected chi connectivity index (χ1v) is 8.57. The molecule has 1 atom stereocenters. The number of amides is 1. The minimum atomic E-state index is 0.0783. The molecule has 1 aliphatic heterocycles. The largest absolute Gasteiger partial charge is 0.346 e. The first-order chi connectivity index (χ1) is 11.1. The fourth-order valence-corrected chi connectivity index (χ4v) is 4.01. The number of carbonyl (C=O) groups is 1. The molecule has 0 bridgehead atoms. The number of rotatable bonds is 1. The van der Waals surface area contributed by atoms with Gasteiger partial charge in [-0.2, -0.15) is 0 Å². The van der Waals surface area contributed by atoms with E-state index in [0.29, 0.717) is 0 Å². The Kier molecular flexibility index (Phi) is 3.47. The molecule has 1 aliphatic carbocycles. The Bertz CT molecular complexity index is 762. The quantitative estimate of drug-likeness (QED) is 0.880. The molecule has 4 rings (SSSR count). The van der Waals surface area contributed by atoms with Gasteiger partial charge in [-0.1, -0.05) is 17.7 Å². The predicted octanol–water partition coefficient (Wildman–Crippen LogP) is 3.11. The van der Waals surface area contributed by atoms with Crippen molar-refractivity contribution >= 4 is 11.6 Å². The third kappa shape index (κ3) is 2.56. The van der Waals surface area contributed by atoms with E-state index >= 15 is 0 Å². The summed E-state index contributed by atoms with van der Waals surface area (Å²) in [7, 11) is 0. The second kappa shape index (κ2) is 5.52. The van der Waals surface area contributed by atoms with Gasteiger partial charge in [0.25, 0.3) is 0 Å². The van der Waals surface area contributed by atoms with Crippen molar-refractivity contribution in [3.05, 3.63) is 46.5 Å². The van der Waals surface area contributed by atoms with E-state index in [-0.39, 0.29) is 11.8 Å². The van der Waals surface area contributed by atoms with E-state index in [0.717, 1.165) is 61.5 Å². The number of aromatic amines is 1. The number of aromatic nitrogens is 2. The van der Waals surface area contributed by atoms with Crippen molar-refractivity contribution in [2.75, 3.05) is 11.4 Å². The highest BCUT2D eigenvalue weighted by Crippen LogP contribution is 2.32. The van der Waals surface area contributed by atoms with Crippen molar-refractivity contribution in [3.63, 3.8) is 0 Å². The number of benzene rings is 1. The number of anilines is 1. The van der Waals surface area contributed by atoms with Gasteiger partial charge in [0.1, 0.15) is 5.82 Å². The molecule has 0 spiro atoms. The van der Waals surface area contributed by atoms with Crippen LogP contribution in [0.25, 0.3) is 0 Å². The average Bonchev–Trinajstić information content (AvgIpc) is 2.92. The van der Waals surface area contributed by atoms with E-state index in [9.17, 15) is 4.79 Å². The Morgan fingerprint density at radius 3 is 3.04 bits per heavy atom. The van der Waals surface area contributed by atoms with Crippen LogP contribution >= 0.6 is 0 Å². The normalized spacial score (nSPS) is 20.1. The molecule has 1 aromatic carbocycles. The second-order valence-corrected chi connectivity index (χ2v) is 6.91. The summed E-state index contributed by atoms with van der Waals surface area (Å²) in [6.07, 6.45) is 4.75. The number of imidazole rings is 1. The number of carbonyl (C=O) groups excluding carboxylic acids is 1. The molecule has 1 unspecified atom stereocenters. The van der Waals surface area contributed by atoms with Gasteiger partial charge in [0.05, 0.1) is 5.69 Å². The van der Waals surface area contributed by atoms with Gasteiger partial charge in [0.2, 0.25) is 5.91 Å². The van der Waals surface area contributed by atoms with Crippen LogP contribution in [0.2, 0.25) is 0 Å². The Hall–Kier alpha value is -2.10. The zero-order chi connectivity index (χ0) is 16.0. The lowest BCUT2D eigenvalue weighted by atomic mass is 9.87. The Morgan fingerprint density at radius 2 is 2.17 bits per heavy atom. The molecule has 0 radical (unpaired) electrons. The third-order valence-corrected chi connectivity index (χ3v) is 5.13. The van der Waals surface area contributed by atoms with Gasteiger partial charge in [-0.05, 0) is 51.2 Å². The van der Waals surface area contributed by atoms with Crippen molar-refractivity contribution in [2.45, 2.75) is 46.0 Å². The Balaban J connectivity index is 1.59. The molecule has 120 valence electrons. The summed E-state index contributed by atoms with van der Waals surface area (Å²) < 4.78 is 0. The van der Waals surface area contributed by atoms with Gasteiger partial charge in [0.15, 0.2) is 0 Å². The summed E-state index contributed by atoms with van der Waals surface area (Å²) in [5.41, 5.74) is 6.03. The highest BCUT2D eigenvalue weighted by molar-refractivity contribution is 5.96. The standard InChI is InChI=1S/C19H23N3O/c1-12-5-8-18-14(10-12)4-3-9-22(18)19(23)15-6-7-16-17(11-15)21-13(2)20-16/h5,8,10,15H,3-4,6-7,9,11H2,1-2H3,(H,20,21). The van der Waals surface area contributed by atoms with Gasteiger partial charge in [0, 0.05) is 30.3 Å². The van der Waals surface area contributed by atoms with Crippen LogP contribution < -0.4 is 4.90 Å². The summed E-state index contributed by atoms with van der Waals surface area (Å²) in [5, 5.41) is 0. The third-order valence-electron chi connectivity index (χ3n) is 5.13. The van der Waals surface area contributed by atoms with Crippen molar-refractivity contribution < 1.29 is 4.79 Å². The van der Waals surface area contributed by atoms with Crippen LogP contribution in [-0.4, -0.2) is 22.4 Å². The molecular weight excluding hydrogens is 286 g/mol. The first kappa shape index (κ1) is 14.5. The molecule has 23 heavy (non-hydrogen) atoms. The number of aryl methyl sites for hydroxylation is 4. The van der Waals surface area contributed by atoms with Gasteiger partial charge in [-0.15, -0.1) is 0 Å². The number of nitrogens with one attached hydrogen (secondary N) is 1. The Morgan fingerprint density at radius 1 is 1.30 bits per heavy atom. The molecular formula is C19H23N3O. The topological polar surface area (TPSA) is 49.0 Å². The number of hydrogen-bond acceptors (Lipinski definition) is 2. The Labute approximate surface area is 136 Å². The highest BCUT2D eigenvalue weighted by Gasteiger charge is 2.32. The predicted molar refractivity (Wildman–Crippen MR) is 90.7 cm³/mol. The number of fused-ring (bicyclic) bond motifs is 2. The monoisotopic (exact) mass is 309 g/mol. The zero-order valence-electron chi connectivity index (χ0n) is 13.9. The van der Waals surface area contributed by atoms with Gasteiger partial charge in [-0.25, -0.2) is 4.98 Å². The van der Waals surface area contributed by atoms with Crippen LogP contribution in [0.15, 0.2) is 18.2 Å². The molecule has 1 N–H and O–H groups in total. The smallest absolute Gasteiger partial charge is 0.230 e. The van der Waals surface area contributed by atoms with Crippen molar-refractivity contribution in [2.24, 2.45) is 5.92 Å². The van der Waals surface area contributed by atoms with Crippen molar-refractivity contribution in [3.8, 4) is 0 Å². The van der Waals surface area contributed by atoms with E-state index < -0.39 is 0 Å². The van der Waals surface area contributed by atoms with E-state index in [1.54, 1.807) is 0 Å². The van der Waals surface area contributed by atoms with Crippen LogP contribution in [0, 0.1) is 19.8 Å². The molecule has 2 heterocycles. The second-order valence-electron chi connectivity index (χ2n) is 6.91. The number of nitrogens with zero attached hydrogens (tertiary/aromatic N) is 2. The van der Waals surface area contributed by atoms with Crippen LogP contribution in [0.1, 0.15) is 41.2 Å². The fraction of sp³-hybridized carbons (Fsp3) is 0.474. The van der Waals surface area contributed by atoms with E-state index in [1.807, 2.05) is 11.8 Å². The van der Waals surface area contributed by atoms with Gasteiger partial charge in [-0.3, -0.25) is 4.79 Å². The first-order valence-electron chi connectivity index (χ1n) is 8.57. The minimum absolute atomic E-state index is 0.0783. The summed E-state index contributed by atoms with van der Waals surface area (Å²) in [4.78, 5) is 23.0. The van der Waals surface area contributed by atoms with Crippen LogP contribution in [-0.2, 0) is 24.1 Å². The molecule has 0 saturated heterocycles. The van der Waals surface area contributed by atoms with Crippen molar-refractivity contribution in [1.29, 1.82) is 0 Å². The molecule has 0 fully saturated rings. The van der Waals surface area contributed by atoms with E-state index in [2.05, 4.69) is 35.1 Å². The zero-order valence-corrected chi connectivity index (χ0v) is 13.9. The maximum atomic E-state index is 13.1. The molecule has 4 heteroatoms. The maximum Gasteiger partial charge on any atom is 0.230 e. The van der Waals surface area contributed by atoms with Crippen LogP contribution in [0.3, 0.4) is 0 Å². The average molecular weight is 309 g/mol. The summed E-state index contributed by atoms with van der Waals surface area (Å²) in [6.45, 7) is 4.95. The molecule has 0 saturated carbocycles. The lowest BCUT2D eigenvalue weighted by Gasteiger charge is -2.33. The molecule has 1 aromatic heterocycles. The molecule has 2 aromatic rings.